The van der Waals surface area contributed by atoms with Crippen LogP contribution in [0.25, 0.3) is 0 Å². The minimum atomic E-state index is -1.23. The van der Waals surface area contributed by atoms with Crippen LogP contribution in [0.3, 0.4) is 0 Å². The molecule has 1 unspecified atom stereocenters. The summed E-state index contributed by atoms with van der Waals surface area (Å²) in [4.78, 5) is 10.1. The van der Waals surface area contributed by atoms with E-state index in [0.717, 1.165) is 25.7 Å². The first kappa shape index (κ1) is 11.0. The van der Waals surface area contributed by atoms with Crippen LogP contribution >= 0.6 is 0 Å². The van der Waals surface area contributed by atoms with Crippen LogP contribution in [0.2, 0.25) is 0 Å². The molecule has 3 heteroatoms. The zero-order valence-electron chi connectivity index (χ0n) is 7.45. The zero-order valence-corrected chi connectivity index (χ0v) is 7.45. The number of carbonyl (C=O) groups is 1. The minimum absolute atomic E-state index is 0.339. The van der Waals surface area contributed by atoms with E-state index in [1.54, 1.807) is 0 Å². The van der Waals surface area contributed by atoms with Gasteiger partial charge in [0.2, 0.25) is 0 Å². The lowest BCUT2D eigenvalue weighted by Gasteiger charge is -2.10. The van der Waals surface area contributed by atoms with Gasteiger partial charge in [-0.1, -0.05) is 32.4 Å². The molecule has 12 heavy (non-hydrogen) atoms. The van der Waals surface area contributed by atoms with Crippen molar-refractivity contribution in [3.05, 3.63) is 12.7 Å². The monoisotopic (exact) mass is 172 g/mol. The van der Waals surface area contributed by atoms with Crippen molar-refractivity contribution < 1.29 is 14.6 Å². The van der Waals surface area contributed by atoms with Gasteiger partial charge in [0.25, 0.3) is 0 Å². The van der Waals surface area contributed by atoms with Crippen LogP contribution < -0.4 is 0 Å². The normalized spacial score (nSPS) is 12.1. The van der Waals surface area contributed by atoms with Crippen molar-refractivity contribution in [1.29, 1.82) is 0 Å². The molecule has 0 aromatic rings. The van der Waals surface area contributed by atoms with E-state index in [4.69, 9.17) is 5.11 Å². The Hall–Kier alpha value is -0.990. The summed E-state index contributed by atoms with van der Waals surface area (Å²) in [5, 5.41) is 8.30. The maximum Gasteiger partial charge on any atom is 0.506 e. The van der Waals surface area contributed by atoms with Crippen molar-refractivity contribution in [2.24, 2.45) is 0 Å². The van der Waals surface area contributed by atoms with Gasteiger partial charge in [0.1, 0.15) is 6.10 Å². The Labute approximate surface area is 73.0 Å². The van der Waals surface area contributed by atoms with Gasteiger partial charge in [-0.25, -0.2) is 4.79 Å². The van der Waals surface area contributed by atoms with Gasteiger partial charge in [-0.2, -0.15) is 0 Å². The maximum atomic E-state index is 10.1. The number of hydrogen-bond donors (Lipinski definition) is 1. The summed E-state index contributed by atoms with van der Waals surface area (Å²) in [5.41, 5.74) is 0. The van der Waals surface area contributed by atoms with Crippen LogP contribution in [-0.4, -0.2) is 17.4 Å². The summed E-state index contributed by atoms with van der Waals surface area (Å²) in [6.07, 6.45) is 3.92. The van der Waals surface area contributed by atoms with Crippen molar-refractivity contribution in [2.45, 2.75) is 38.7 Å². The van der Waals surface area contributed by atoms with Crippen LogP contribution in [-0.2, 0) is 4.74 Å². The van der Waals surface area contributed by atoms with Gasteiger partial charge < -0.3 is 9.84 Å². The highest BCUT2D eigenvalue weighted by Gasteiger charge is 2.07. The van der Waals surface area contributed by atoms with Crippen molar-refractivity contribution in [2.75, 3.05) is 0 Å². The predicted octanol–water partition coefficient (Wildman–Crippen LogP) is 2.82. The Kier molecular flexibility index (Phi) is 6.15. The highest BCUT2D eigenvalue weighted by atomic mass is 16.7. The second-order valence-corrected chi connectivity index (χ2v) is 2.65. The largest absolute Gasteiger partial charge is 0.506 e. The SMILES string of the molecule is C=CC(CCCCC)OC(=O)O. The molecular formula is C9H16O3. The van der Waals surface area contributed by atoms with E-state index in [9.17, 15) is 4.79 Å². The molecular weight excluding hydrogens is 156 g/mol. The van der Waals surface area contributed by atoms with E-state index in [1.807, 2.05) is 0 Å². The van der Waals surface area contributed by atoms with E-state index in [0.29, 0.717) is 0 Å². The van der Waals surface area contributed by atoms with Crippen molar-refractivity contribution in [1.82, 2.24) is 0 Å². The second-order valence-electron chi connectivity index (χ2n) is 2.65. The Bertz CT molecular complexity index is 143. The van der Waals surface area contributed by atoms with Crippen molar-refractivity contribution in [3.8, 4) is 0 Å². The van der Waals surface area contributed by atoms with Crippen molar-refractivity contribution in [3.63, 3.8) is 0 Å². The number of ether oxygens (including phenoxy) is 1. The third-order valence-corrected chi connectivity index (χ3v) is 1.61. The van der Waals surface area contributed by atoms with Crippen LogP contribution in [0.4, 0.5) is 4.79 Å². The minimum Gasteiger partial charge on any atom is -0.450 e. The van der Waals surface area contributed by atoms with E-state index >= 15 is 0 Å². The summed E-state index contributed by atoms with van der Waals surface area (Å²) < 4.78 is 4.54. The van der Waals surface area contributed by atoms with E-state index in [2.05, 4.69) is 18.2 Å². The average molecular weight is 172 g/mol. The van der Waals surface area contributed by atoms with Gasteiger partial charge in [0, 0.05) is 0 Å². The Morgan fingerprint density at radius 1 is 1.67 bits per heavy atom. The molecule has 0 fully saturated rings. The molecule has 0 aliphatic carbocycles. The first-order chi connectivity index (χ1) is 5.70. The summed E-state index contributed by atoms with van der Waals surface area (Å²) >= 11 is 0. The molecule has 1 N–H and O–H groups in total. The summed E-state index contributed by atoms with van der Waals surface area (Å²) in [6.45, 7) is 5.60. The first-order valence-corrected chi connectivity index (χ1v) is 4.22. The quantitative estimate of drug-likeness (QED) is 0.380. The average Bonchev–Trinajstić information content (AvgIpc) is 2.02. The van der Waals surface area contributed by atoms with Crippen molar-refractivity contribution >= 4 is 6.16 Å². The number of hydrogen-bond acceptors (Lipinski definition) is 2. The lowest BCUT2D eigenvalue weighted by atomic mass is 10.1. The molecule has 0 radical (unpaired) electrons. The van der Waals surface area contributed by atoms with E-state index in [1.165, 1.54) is 6.08 Å². The van der Waals surface area contributed by atoms with Gasteiger partial charge >= 0.3 is 6.16 Å². The molecule has 0 aliphatic rings. The smallest absolute Gasteiger partial charge is 0.450 e. The summed E-state index contributed by atoms with van der Waals surface area (Å²) in [5.74, 6) is 0. The van der Waals surface area contributed by atoms with Crippen LogP contribution in [0.1, 0.15) is 32.6 Å². The van der Waals surface area contributed by atoms with Gasteiger partial charge in [-0.3, -0.25) is 0 Å². The van der Waals surface area contributed by atoms with Gasteiger partial charge in [0.15, 0.2) is 0 Å². The second kappa shape index (κ2) is 6.70. The molecule has 0 saturated heterocycles. The molecule has 70 valence electrons. The fourth-order valence-corrected chi connectivity index (χ4v) is 0.950. The predicted molar refractivity (Wildman–Crippen MR) is 47.2 cm³/mol. The lowest BCUT2D eigenvalue weighted by Crippen LogP contribution is -2.13. The van der Waals surface area contributed by atoms with Gasteiger partial charge in [0.05, 0.1) is 0 Å². The molecule has 0 aromatic heterocycles. The first-order valence-electron chi connectivity index (χ1n) is 4.22. The molecule has 0 aliphatic heterocycles. The topological polar surface area (TPSA) is 46.5 Å². The Balaban J connectivity index is 3.53. The standard InChI is InChI=1S/C9H16O3/c1-3-5-6-7-8(4-2)12-9(10)11/h4,8H,2-3,5-7H2,1H3,(H,10,11). The van der Waals surface area contributed by atoms with Crippen LogP contribution in [0.15, 0.2) is 12.7 Å². The van der Waals surface area contributed by atoms with Crippen LogP contribution in [0.5, 0.6) is 0 Å². The maximum absolute atomic E-state index is 10.1. The molecule has 0 spiro atoms. The lowest BCUT2D eigenvalue weighted by molar-refractivity contribution is 0.0655. The van der Waals surface area contributed by atoms with Crippen LogP contribution in [0, 0.1) is 0 Å². The molecule has 0 amide bonds. The number of unbranched alkanes of at least 4 members (excludes halogenated alkanes) is 2. The molecule has 3 nitrogen and oxygen atoms in total. The fourth-order valence-electron chi connectivity index (χ4n) is 0.950. The molecule has 0 rings (SSSR count). The number of carboxylic acid groups (broad SMARTS) is 1. The summed E-state index contributed by atoms with van der Waals surface area (Å²) in [7, 11) is 0. The molecule has 0 aromatic carbocycles. The fraction of sp³-hybridized carbons (Fsp3) is 0.667. The molecule has 1 atom stereocenters. The molecule has 0 bridgehead atoms. The van der Waals surface area contributed by atoms with Gasteiger partial charge in [-0.15, -0.1) is 0 Å². The molecule has 0 saturated carbocycles. The van der Waals surface area contributed by atoms with E-state index in [-0.39, 0.29) is 6.10 Å². The highest BCUT2D eigenvalue weighted by molar-refractivity contribution is 5.57. The molecule has 0 heterocycles. The third-order valence-electron chi connectivity index (χ3n) is 1.61. The van der Waals surface area contributed by atoms with E-state index < -0.39 is 6.16 Å². The Morgan fingerprint density at radius 2 is 2.33 bits per heavy atom. The summed E-state index contributed by atoms with van der Waals surface area (Å²) in [6, 6.07) is 0. The van der Waals surface area contributed by atoms with Gasteiger partial charge in [-0.05, 0) is 12.8 Å². The zero-order chi connectivity index (χ0) is 9.40. The number of rotatable bonds is 6. The highest BCUT2D eigenvalue weighted by Crippen LogP contribution is 2.07. The Morgan fingerprint density at radius 3 is 2.75 bits per heavy atom. The third kappa shape index (κ3) is 5.77.